The molecule has 0 atom stereocenters. The van der Waals surface area contributed by atoms with E-state index in [-0.39, 0.29) is 0 Å². The molecule has 2 aromatic heterocycles. The molecule has 26 heavy (non-hydrogen) atoms. The molecule has 9 heteroatoms. The highest BCUT2D eigenvalue weighted by atomic mass is 32.1. The monoisotopic (exact) mass is 371 g/mol. The number of hydrogen-bond donors (Lipinski definition) is 1. The molecule has 0 aliphatic heterocycles. The maximum atomic E-state index is 5.39. The van der Waals surface area contributed by atoms with Crippen molar-refractivity contribution < 1.29 is 14.2 Å². The van der Waals surface area contributed by atoms with E-state index in [2.05, 4.69) is 20.3 Å². The molecule has 3 rings (SSSR count). The molecule has 1 N–H and O–H groups in total. The van der Waals surface area contributed by atoms with Gasteiger partial charge in [0.1, 0.15) is 0 Å². The minimum absolute atomic E-state index is 0.355. The van der Waals surface area contributed by atoms with E-state index in [4.69, 9.17) is 26.4 Å². The lowest BCUT2D eigenvalue weighted by Crippen LogP contribution is -1.99. The fraction of sp³-hybridized carbons (Fsp3) is 0.176. The topological polar surface area (TPSA) is 86.6 Å². The summed E-state index contributed by atoms with van der Waals surface area (Å²) in [7, 11) is 4.66. The second kappa shape index (κ2) is 7.79. The summed E-state index contributed by atoms with van der Waals surface area (Å²) in [5.41, 5.74) is 1.54. The summed E-state index contributed by atoms with van der Waals surface area (Å²) in [6.45, 7) is 0. The van der Waals surface area contributed by atoms with Gasteiger partial charge in [-0.15, -0.1) is 0 Å². The summed E-state index contributed by atoms with van der Waals surface area (Å²) in [4.78, 5) is 4.06. The third kappa shape index (κ3) is 3.42. The first-order valence-corrected chi connectivity index (χ1v) is 8.01. The molecule has 0 unspecified atom stereocenters. The van der Waals surface area contributed by atoms with Gasteiger partial charge < -0.3 is 14.2 Å². The zero-order valence-electron chi connectivity index (χ0n) is 14.5. The third-order valence-corrected chi connectivity index (χ3v) is 3.84. The number of aromatic amines is 1. The van der Waals surface area contributed by atoms with Crippen LogP contribution in [0.3, 0.4) is 0 Å². The molecular weight excluding hydrogens is 354 g/mol. The van der Waals surface area contributed by atoms with Gasteiger partial charge in [-0.1, -0.05) is 6.07 Å². The van der Waals surface area contributed by atoms with E-state index >= 15 is 0 Å². The Labute approximate surface area is 155 Å². The van der Waals surface area contributed by atoms with Crippen LogP contribution in [-0.2, 0) is 0 Å². The predicted molar refractivity (Wildman–Crippen MR) is 99.7 cm³/mol. The second-order valence-corrected chi connectivity index (χ2v) is 5.50. The van der Waals surface area contributed by atoms with Crippen LogP contribution in [-0.4, -0.2) is 47.4 Å². The highest BCUT2D eigenvalue weighted by molar-refractivity contribution is 7.71. The van der Waals surface area contributed by atoms with Crippen LogP contribution in [0.5, 0.6) is 17.2 Å². The Morgan fingerprint density at radius 3 is 2.46 bits per heavy atom. The Bertz CT molecular complexity index is 957. The van der Waals surface area contributed by atoms with E-state index in [0.29, 0.717) is 33.4 Å². The van der Waals surface area contributed by atoms with Crippen molar-refractivity contribution in [1.29, 1.82) is 0 Å². The van der Waals surface area contributed by atoms with Crippen molar-refractivity contribution in [2.24, 2.45) is 5.10 Å². The van der Waals surface area contributed by atoms with Crippen molar-refractivity contribution >= 4 is 18.4 Å². The van der Waals surface area contributed by atoms with E-state index in [9.17, 15) is 0 Å². The van der Waals surface area contributed by atoms with Gasteiger partial charge in [0, 0.05) is 23.5 Å². The number of aromatic nitrogens is 4. The van der Waals surface area contributed by atoms with Crippen LogP contribution in [0, 0.1) is 4.77 Å². The van der Waals surface area contributed by atoms with E-state index in [1.54, 1.807) is 52.1 Å². The van der Waals surface area contributed by atoms with Crippen LogP contribution in [0.2, 0.25) is 0 Å². The molecule has 0 aliphatic carbocycles. The summed E-state index contributed by atoms with van der Waals surface area (Å²) in [6.07, 6.45) is 5.05. The molecule has 8 nitrogen and oxygen atoms in total. The molecule has 0 spiro atoms. The van der Waals surface area contributed by atoms with Crippen LogP contribution in [0.1, 0.15) is 5.56 Å². The SMILES string of the molecule is COc1cc(-c2n[nH]c(=S)n2/N=C/c2cccnc2)cc(OC)c1OC. The van der Waals surface area contributed by atoms with Crippen molar-refractivity contribution in [1.82, 2.24) is 19.9 Å². The maximum Gasteiger partial charge on any atom is 0.216 e. The minimum Gasteiger partial charge on any atom is -0.493 e. The lowest BCUT2D eigenvalue weighted by atomic mass is 10.1. The van der Waals surface area contributed by atoms with Crippen LogP contribution < -0.4 is 14.2 Å². The van der Waals surface area contributed by atoms with Gasteiger partial charge in [-0.2, -0.15) is 14.9 Å². The average molecular weight is 371 g/mol. The maximum absolute atomic E-state index is 5.39. The molecule has 0 radical (unpaired) electrons. The van der Waals surface area contributed by atoms with Gasteiger partial charge in [0.2, 0.25) is 10.5 Å². The summed E-state index contributed by atoms with van der Waals surface area (Å²) in [6, 6.07) is 7.28. The number of H-pyrrole nitrogens is 1. The molecule has 0 amide bonds. The zero-order chi connectivity index (χ0) is 18.5. The minimum atomic E-state index is 0.355. The highest BCUT2D eigenvalue weighted by Gasteiger charge is 2.17. The van der Waals surface area contributed by atoms with Gasteiger partial charge in [0.15, 0.2) is 17.3 Å². The smallest absolute Gasteiger partial charge is 0.216 e. The first-order valence-electron chi connectivity index (χ1n) is 7.60. The fourth-order valence-corrected chi connectivity index (χ4v) is 2.55. The molecule has 3 aromatic rings. The predicted octanol–water partition coefficient (Wildman–Crippen LogP) is 2.91. The van der Waals surface area contributed by atoms with Crippen molar-refractivity contribution in [3.05, 3.63) is 47.0 Å². The molecule has 2 heterocycles. The summed E-state index contributed by atoms with van der Waals surface area (Å²) >= 11 is 5.29. The molecule has 0 saturated heterocycles. The zero-order valence-corrected chi connectivity index (χ0v) is 15.3. The van der Waals surface area contributed by atoms with Gasteiger partial charge in [0.05, 0.1) is 27.5 Å². The third-order valence-electron chi connectivity index (χ3n) is 3.58. The van der Waals surface area contributed by atoms with Crippen molar-refractivity contribution in [3.63, 3.8) is 0 Å². The van der Waals surface area contributed by atoms with E-state index in [1.807, 2.05) is 12.1 Å². The number of rotatable bonds is 6. The molecule has 134 valence electrons. The molecule has 1 aromatic carbocycles. The van der Waals surface area contributed by atoms with Gasteiger partial charge >= 0.3 is 0 Å². The van der Waals surface area contributed by atoms with Crippen LogP contribution in [0.25, 0.3) is 11.4 Å². The average Bonchev–Trinajstić information content (AvgIpc) is 3.06. The number of methoxy groups -OCH3 is 3. The van der Waals surface area contributed by atoms with E-state index < -0.39 is 0 Å². The van der Waals surface area contributed by atoms with Gasteiger partial charge in [-0.05, 0) is 30.4 Å². The standard InChI is InChI=1S/C17H17N5O3S/c1-23-13-7-12(8-14(24-2)15(13)25-3)16-20-21-17(26)22(16)19-10-11-5-4-6-18-9-11/h4-10H,1-3H3,(H,21,26)/b19-10+. The largest absolute Gasteiger partial charge is 0.493 e. The van der Waals surface area contributed by atoms with Crippen LogP contribution in [0.15, 0.2) is 41.8 Å². The lowest BCUT2D eigenvalue weighted by Gasteiger charge is -2.13. The first kappa shape index (κ1) is 17.6. The van der Waals surface area contributed by atoms with Crippen LogP contribution in [0.4, 0.5) is 0 Å². The van der Waals surface area contributed by atoms with E-state index in [0.717, 1.165) is 5.56 Å². The molecule has 0 fully saturated rings. The van der Waals surface area contributed by atoms with Gasteiger partial charge in [-0.25, -0.2) is 5.10 Å². The summed E-state index contributed by atoms with van der Waals surface area (Å²) < 4.78 is 18.0. The Kier molecular flexibility index (Phi) is 5.28. The number of hydrogen-bond acceptors (Lipinski definition) is 7. The molecule has 0 bridgehead atoms. The van der Waals surface area contributed by atoms with Gasteiger partial charge in [-0.3, -0.25) is 4.98 Å². The Hall–Kier alpha value is -3.20. The van der Waals surface area contributed by atoms with Crippen LogP contribution >= 0.6 is 12.2 Å². The van der Waals surface area contributed by atoms with Crippen molar-refractivity contribution in [2.75, 3.05) is 21.3 Å². The first-order chi connectivity index (χ1) is 12.7. The Balaban J connectivity index is 2.09. The number of nitrogens with zero attached hydrogens (tertiary/aromatic N) is 4. The van der Waals surface area contributed by atoms with Gasteiger partial charge in [0.25, 0.3) is 0 Å². The highest BCUT2D eigenvalue weighted by Crippen LogP contribution is 2.40. The summed E-state index contributed by atoms with van der Waals surface area (Å²) in [5, 5.41) is 11.4. The van der Waals surface area contributed by atoms with E-state index in [1.165, 1.54) is 4.68 Å². The lowest BCUT2D eigenvalue weighted by molar-refractivity contribution is 0.324. The second-order valence-electron chi connectivity index (χ2n) is 5.11. The summed E-state index contributed by atoms with van der Waals surface area (Å²) in [5.74, 6) is 2.03. The van der Waals surface area contributed by atoms with Crippen molar-refractivity contribution in [3.8, 4) is 28.6 Å². The van der Waals surface area contributed by atoms with Crippen molar-refractivity contribution in [2.45, 2.75) is 0 Å². The molecule has 0 saturated carbocycles. The molecule has 0 aliphatic rings. The number of nitrogens with one attached hydrogen (secondary N) is 1. The fourth-order valence-electron chi connectivity index (χ4n) is 2.37. The molecular formula is C17H17N5O3S. The number of pyridine rings is 1. The quantitative estimate of drug-likeness (QED) is 0.530. The number of ether oxygens (including phenoxy) is 3. The number of benzene rings is 1. The Morgan fingerprint density at radius 1 is 1.15 bits per heavy atom. The normalized spacial score (nSPS) is 10.9. The Morgan fingerprint density at radius 2 is 1.88 bits per heavy atom.